The fraction of sp³-hybridized carbons (Fsp3) is 0.526. The first-order valence-corrected chi connectivity index (χ1v) is 9.40. The number of fused-ring (bicyclic) bond motifs is 1. The topological polar surface area (TPSA) is 63.1 Å². The van der Waals surface area contributed by atoms with E-state index >= 15 is 0 Å². The molecule has 2 heterocycles. The number of carbonyl (C=O) groups is 1. The van der Waals surface area contributed by atoms with E-state index in [9.17, 15) is 13.6 Å². The Kier molecular flexibility index (Phi) is 4.90. The minimum absolute atomic E-state index is 0.0911. The Morgan fingerprint density at radius 2 is 2.04 bits per heavy atom. The molecule has 2 aromatic rings. The average molecular weight is 375 g/mol. The minimum Gasteiger partial charge on any atom is -0.346 e. The van der Waals surface area contributed by atoms with Crippen LogP contribution in [-0.4, -0.2) is 38.7 Å². The first kappa shape index (κ1) is 18.0. The fourth-order valence-electron chi connectivity index (χ4n) is 3.51. The SMILES string of the molecule is C[C@H](NC(=O)C1CC1)c1nnc2n1CCN(Cc1ccc(F)c(F)c1)CC2. The lowest BCUT2D eigenvalue weighted by Crippen LogP contribution is -2.31. The van der Waals surface area contributed by atoms with Crippen LogP contribution < -0.4 is 5.32 Å². The molecule has 1 saturated carbocycles. The summed E-state index contributed by atoms with van der Waals surface area (Å²) in [4.78, 5) is 14.2. The van der Waals surface area contributed by atoms with Crippen molar-refractivity contribution in [3.05, 3.63) is 47.0 Å². The molecule has 1 aliphatic heterocycles. The van der Waals surface area contributed by atoms with Crippen LogP contribution in [0, 0.1) is 17.6 Å². The molecule has 0 spiro atoms. The third-order valence-corrected chi connectivity index (χ3v) is 5.23. The van der Waals surface area contributed by atoms with Gasteiger partial charge in [0.25, 0.3) is 0 Å². The summed E-state index contributed by atoms with van der Waals surface area (Å²) in [5.41, 5.74) is 0.747. The molecular weight excluding hydrogens is 352 g/mol. The lowest BCUT2D eigenvalue weighted by molar-refractivity contribution is -0.123. The lowest BCUT2D eigenvalue weighted by atomic mass is 10.2. The predicted molar refractivity (Wildman–Crippen MR) is 94.6 cm³/mol. The normalized spacial score (nSPS) is 18.6. The second-order valence-corrected chi connectivity index (χ2v) is 7.41. The van der Waals surface area contributed by atoms with Gasteiger partial charge in [0.05, 0.1) is 6.04 Å². The monoisotopic (exact) mass is 375 g/mol. The fourth-order valence-corrected chi connectivity index (χ4v) is 3.51. The summed E-state index contributed by atoms with van der Waals surface area (Å²) in [6.07, 6.45) is 2.66. The molecule has 8 heteroatoms. The largest absolute Gasteiger partial charge is 0.346 e. The molecule has 1 amide bonds. The van der Waals surface area contributed by atoms with Crippen molar-refractivity contribution in [2.75, 3.05) is 13.1 Å². The second-order valence-electron chi connectivity index (χ2n) is 7.41. The molecule has 1 aliphatic carbocycles. The molecular formula is C19H23F2N5O. The summed E-state index contributed by atoms with van der Waals surface area (Å²) in [5.74, 6) is 0.271. The molecule has 6 nitrogen and oxygen atoms in total. The first-order valence-electron chi connectivity index (χ1n) is 9.40. The van der Waals surface area contributed by atoms with Crippen LogP contribution in [0.15, 0.2) is 18.2 Å². The number of amides is 1. The summed E-state index contributed by atoms with van der Waals surface area (Å²) in [6, 6.07) is 3.85. The van der Waals surface area contributed by atoms with E-state index in [0.717, 1.165) is 49.6 Å². The standard InChI is InChI=1S/C19H23F2N5O/c1-12(22-19(27)14-3-4-14)18-24-23-17-6-7-25(8-9-26(17)18)11-13-2-5-15(20)16(21)10-13/h2,5,10,12,14H,3-4,6-9,11H2,1H3,(H,22,27)/t12-/m0/s1. The number of nitrogens with one attached hydrogen (secondary N) is 1. The third kappa shape index (κ3) is 4.00. The summed E-state index contributed by atoms with van der Waals surface area (Å²) < 4.78 is 28.6. The Bertz CT molecular complexity index is 849. The molecule has 4 rings (SSSR count). The van der Waals surface area contributed by atoms with Crippen LogP contribution in [0.1, 0.15) is 43.0 Å². The number of benzene rings is 1. The van der Waals surface area contributed by atoms with Gasteiger partial charge in [-0.1, -0.05) is 6.07 Å². The van der Waals surface area contributed by atoms with Crippen LogP contribution in [0.25, 0.3) is 0 Å². The van der Waals surface area contributed by atoms with Gasteiger partial charge in [0.15, 0.2) is 17.5 Å². The summed E-state index contributed by atoms with van der Waals surface area (Å²) in [7, 11) is 0. The van der Waals surface area contributed by atoms with E-state index in [1.54, 1.807) is 6.07 Å². The zero-order valence-electron chi connectivity index (χ0n) is 15.3. The van der Waals surface area contributed by atoms with Gasteiger partial charge in [-0.15, -0.1) is 10.2 Å². The number of aromatic nitrogens is 3. The van der Waals surface area contributed by atoms with E-state index in [1.807, 2.05) is 6.92 Å². The molecule has 0 unspecified atom stereocenters. The van der Waals surface area contributed by atoms with Gasteiger partial charge >= 0.3 is 0 Å². The van der Waals surface area contributed by atoms with E-state index in [1.165, 1.54) is 12.1 Å². The predicted octanol–water partition coefficient (Wildman–Crippen LogP) is 2.20. The first-order chi connectivity index (χ1) is 13.0. The molecule has 1 atom stereocenters. The Labute approximate surface area is 156 Å². The van der Waals surface area contributed by atoms with Crippen molar-refractivity contribution >= 4 is 5.91 Å². The third-order valence-electron chi connectivity index (χ3n) is 5.23. The van der Waals surface area contributed by atoms with Crippen LogP contribution in [-0.2, 0) is 24.3 Å². The summed E-state index contributed by atoms with van der Waals surface area (Å²) in [5, 5.41) is 11.6. The van der Waals surface area contributed by atoms with Crippen LogP contribution in [0.5, 0.6) is 0 Å². The van der Waals surface area contributed by atoms with Crippen molar-refractivity contribution < 1.29 is 13.6 Å². The van der Waals surface area contributed by atoms with Crippen molar-refractivity contribution in [1.82, 2.24) is 25.0 Å². The van der Waals surface area contributed by atoms with Crippen LogP contribution in [0.3, 0.4) is 0 Å². The van der Waals surface area contributed by atoms with Crippen molar-refractivity contribution in [2.24, 2.45) is 5.92 Å². The Morgan fingerprint density at radius 1 is 1.22 bits per heavy atom. The Balaban J connectivity index is 1.41. The highest BCUT2D eigenvalue weighted by Gasteiger charge is 2.31. The Morgan fingerprint density at radius 3 is 2.78 bits per heavy atom. The highest BCUT2D eigenvalue weighted by atomic mass is 19.2. The van der Waals surface area contributed by atoms with E-state index < -0.39 is 11.6 Å². The highest BCUT2D eigenvalue weighted by molar-refractivity contribution is 5.81. The van der Waals surface area contributed by atoms with Gasteiger partial charge in [-0.3, -0.25) is 9.69 Å². The van der Waals surface area contributed by atoms with Gasteiger partial charge in [-0.25, -0.2) is 8.78 Å². The van der Waals surface area contributed by atoms with Crippen LogP contribution >= 0.6 is 0 Å². The molecule has 1 aromatic heterocycles. The maximum absolute atomic E-state index is 13.4. The maximum atomic E-state index is 13.4. The molecule has 0 radical (unpaired) electrons. The number of hydrogen-bond donors (Lipinski definition) is 1. The molecule has 0 bridgehead atoms. The smallest absolute Gasteiger partial charge is 0.223 e. The van der Waals surface area contributed by atoms with E-state index in [0.29, 0.717) is 13.1 Å². The number of carbonyl (C=O) groups excluding carboxylic acids is 1. The van der Waals surface area contributed by atoms with Crippen molar-refractivity contribution in [3.63, 3.8) is 0 Å². The molecule has 27 heavy (non-hydrogen) atoms. The summed E-state index contributed by atoms with van der Waals surface area (Å²) >= 11 is 0. The number of nitrogens with zero attached hydrogens (tertiary/aromatic N) is 4. The second kappa shape index (κ2) is 7.34. The number of rotatable bonds is 5. The minimum atomic E-state index is -0.826. The van der Waals surface area contributed by atoms with Gasteiger partial charge in [0, 0.05) is 38.5 Å². The van der Waals surface area contributed by atoms with Gasteiger partial charge < -0.3 is 9.88 Å². The van der Waals surface area contributed by atoms with Crippen molar-refractivity contribution in [2.45, 2.75) is 45.3 Å². The number of hydrogen-bond acceptors (Lipinski definition) is 4. The van der Waals surface area contributed by atoms with Gasteiger partial charge in [0.2, 0.25) is 5.91 Å². The van der Waals surface area contributed by atoms with Gasteiger partial charge in [-0.05, 0) is 37.5 Å². The molecule has 1 N–H and O–H groups in total. The van der Waals surface area contributed by atoms with E-state index in [2.05, 4.69) is 25.0 Å². The van der Waals surface area contributed by atoms with Crippen LogP contribution in [0.2, 0.25) is 0 Å². The zero-order valence-corrected chi connectivity index (χ0v) is 15.3. The van der Waals surface area contributed by atoms with Crippen LogP contribution in [0.4, 0.5) is 8.78 Å². The maximum Gasteiger partial charge on any atom is 0.223 e. The quantitative estimate of drug-likeness (QED) is 0.870. The van der Waals surface area contributed by atoms with Gasteiger partial charge in [-0.2, -0.15) is 0 Å². The van der Waals surface area contributed by atoms with E-state index in [4.69, 9.17) is 0 Å². The van der Waals surface area contributed by atoms with Gasteiger partial charge in [0.1, 0.15) is 5.82 Å². The van der Waals surface area contributed by atoms with Crippen molar-refractivity contribution in [3.8, 4) is 0 Å². The molecule has 1 aromatic carbocycles. The highest BCUT2D eigenvalue weighted by Crippen LogP contribution is 2.29. The molecule has 0 saturated heterocycles. The number of halogens is 2. The van der Waals surface area contributed by atoms with Crippen molar-refractivity contribution in [1.29, 1.82) is 0 Å². The lowest BCUT2D eigenvalue weighted by Gasteiger charge is -2.20. The Hall–Kier alpha value is -2.35. The molecule has 2 aliphatic rings. The zero-order chi connectivity index (χ0) is 19.0. The molecule has 144 valence electrons. The van der Waals surface area contributed by atoms with E-state index in [-0.39, 0.29) is 17.9 Å². The molecule has 1 fully saturated rings. The summed E-state index contributed by atoms with van der Waals surface area (Å²) in [6.45, 7) is 4.70. The average Bonchev–Trinajstić information content (AvgIpc) is 3.44.